The normalized spacial score (nSPS) is 18.0. The molecule has 3 aromatic carbocycles. The van der Waals surface area contributed by atoms with Crippen molar-refractivity contribution >= 4 is 27.3 Å². The van der Waals surface area contributed by atoms with Gasteiger partial charge in [-0.15, -0.1) is 0 Å². The number of hydrogen-bond donors (Lipinski definition) is 0. The number of anilines is 1. The number of carbonyl (C=O) groups is 1. The maximum Gasteiger partial charge on any atom is 0.418 e. The molecule has 0 spiro atoms. The molecule has 202 valence electrons. The van der Waals surface area contributed by atoms with Gasteiger partial charge in [-0.1, -0.05) is 42.5 Å². The summed E-state index contributed by atoms with van der Waals surface area (Å²) in [4.78, 5) is 12.9. The van der Waals surface area contributed by atoms with Crippen LogP contribution in [-0.2, 0) is 35.2 Å². The van der Waals surface area contributed by atoms with Gasteiger partial charge in [0, 0.05) is 5.56 Å². The van der Waals surface area contributed by atoms with Crippen LogP contribution < -0.4 is 9.04 Å². The number of ether oxygens (including phenoxy) is 4. The fourth-order valence-electron chi connectivity index (χ4n) is 4.43. The van der Waals surface area contributed by atoms with E-state index in [0.29, 0.717) is 15.6 Å². The molecule has 0 saturated carbocycles. The molecule has 0 amide bonds. The smallest absolute Gasteiger partial charge is 0.418 e. The molecule has 3 aromatic rings. The SMILES string of the molecule is COC(=O)C1=C(C2=COC(c3ccccc3OC)O2)c2ccccc2S(=O)(=O)N1c1ccccc1C(F)(F)F. The molecule has 0 saturated heterocycles. The predicted octanol–water partition coefficient (Wildman–Crippen LogP) is 5.39. The first-order valence-electron chi connectivity index (χ1n) is 11.4. The number of benzene rings is 3. The second kappa shape index (κ2) is 9.70. The van der Waals surface area contributed by atoms with Crippen molar-refractivity contribution < 1.29 is 45.3 Å². The first kappa shape index (κ1) is 26.2. The van der Waals surface area contributed by atoms with Crippen LogP contribution in [-0.4, -0.2) is 28.6 Å². The number of fused-ring (bicyclic) bond motifs is 1. The number of sulfonamides is 1. The largest absolute Gasteiger partial charge is 0.496 e. The quantitative estimate of drug-likeness (QED) is 0.387. The lowest BCUT2D eigenvalue weighted by atomic mass is 10.0. The number of esters is 1. The molecule has 0 fully saturated rings. The molecule has 0 aromatic heterocycles. The summed E-state index contributed by atoms with van der Waals surface area (Å²) in [5, 5.41) is 0. The summed E-state index contributed by atoms with van der Waals surface area (Å²) >= 11 is 0. The first-order valence-corrected chi connectivity index (χ1v) is 12.8. The van der Waals surface area contributed by atoms with E-state index in [0.717, 1.165) is 31.6 Å². The standard InChI is InChI=1S/C27H20F3NO7S/c1-35-20-13-7-3-9-16(20)26-37-15-21(38-26)23-17-10-4-8-14-22(17)39(33,34)31(24(23)25(32)36-2)19-12-6-5-11-18(19)27(28,29)30/h3-15,26H,1-2H3. The molecule has 8 nitrogen and oxygen atoms in total. The summed E-state index contributed by atoms with van der Waals surface area (Å²) in [5.41, 5.74) is -2.35. The van der Waals surface area contributed by atoms with E-state index in [9.17, 15) is 26.4 Å². The van der Waals surface area contributed by atoms with Crippen molar-refractivity contribution in [1.29, 1.82) is 0 Å². The Hall–Kier alpha value is -4.45. The van der Waals surface area contributed by atoms with E-state index in [1.54, 1.807) is 24.3 Å². The highest BCUT2D eigenvalue weighted by atomic mass is 32.2. The topological polar surface area (TPSA) is 91.4 Å². The zero-order valence-electron chi connectivity index (χ0n) is 20.4. The lowest BCUT2D eigenvalue weighted by Crippen LogP contribution is -2.40. The second-order valence-corrected chi connectivity index (χ2v) is 10.1. The van der Waals surface area contributed by atoms with Crippen LogP contribution in [0.5, 0.6) is 5.75 Å². The van der Waals surface area contributed by atoms with Crippen molar-refractivity contribution in [3.8, 4) is 5.75 Å². The maximum atomic E-state index is 14.0. The van der Waals surface area contributed by atoms with Crippen molar-refractivity contribution in [3.63, 3.8) is 0 Å². The van der Waals surface area contributed by atoms with E-state index in [4.69, 9.17) is 18.9 Å². The number of alkyl halides is 3. The van der Waals surface area contributed by atoms with Crippen LogP contribution in [0.1, 0.15) is 23.0 Å². The van der Waals surface area contributed by atoms with Crippen LogP contribution in [0.4, 0.5) is 18.9 Å². The third-order valence-corrected chi connectivity index (χ3v) is 7.87. The summed E-state index contributed by atoms with van der Waals surface area (Å²) < 4.78 is 92.1. The molecule has 0 N–H and O–H groups in total. The monoisotopic (exact) mass is 559 g/mol. The van der Waals surface area contributed by atoms with Crippen LogP contribution in [0.2, 0.25) is 0 Å². The predicted molar refractivity (Wildman–Crippen MR) is 132 cm³/mol. The number of hydrogen-bond acceptors (Lipinski definition) is 7. The van der Waals surface area contributed by atoms with Crippen LogP contribution in [0.3, 0.4) is 0 Å². The van der Waals surface area contributed by atoms with Gasteiger partial charge in [-0.25, -0.2) is 17.5 Å². The molecule has 2 aliphatic heterocycles. The number of nitrogens with zero attached hydrogens (tertiary/aromatic N) is 1. The minimum Gasteiger partial charge on any atom is -0.496 e. The van der Waals surface area contributed by atoms with Crippen molar-refractivity contribution in [2.45, 2.75) is 17.4 Å². The van der Waals surface area contributed by atoms with Crippen molar-refractivity contribution in [1.82, 2.24) is 0 Å². The summed E-state index contributed by atoms with van der Waals surface area (Å²) in [6.45, 7) is 0. The van der Waals surface area contributed by atoms with Gasteiger partial charge in [0.2, 0.25) is 0 Å². The minimum atomic E-state index is -4.94. The second-order valence-electron chi connectivity index (χ2n) is 8.31. The van der Waals surface area contributed by atoms with Gasteiger partial charge in [0.1, 0.15) is 12.0 Å². The van der Waals surface area contributed by atoms with Crippen LogP contribution in [0.25, 0.3) is 5.57 Å². The Morgan fingerprint density at radius 2 is 1.62 bits per heavy atom. The van der Waals surface area contributed by atoms with Gasteiger partial charge in [0.05, 0.1) is 41.5 Å². The summed E-state index contributed by atoms with van der Waals surface area (Å²) in [5.74, 6) is -0.861. The minimum absolute atomic E-state index is 0.0224. The third kappa shape index (κ3) is 4.36. The van der Waals surface area contributed by atoms with Gasteiger partial charge in [0.25, 0.3) is 16.3 Å². The lowest BCUT2D eigenvalue weighted by Gasteiger charge is -2.34. The Morgan fingerprint density at radius 1 is 0.949 bits per heavy atom. The van der Waals surface area contributed by atoms with Gasteiger partial charge in [-0.3, -0.25) is 0 Å². The molecule has 0 aliphatic carbocycles. The molecule has 2 aliphatic rings. The number of halogens is 3. The van der Waals surface area contributed by atoms with E-state index in [1.807, 2.05) is 0 Å². The van der Waals surface area contributed by atoms with E-state index >= 15 is 0 Å². The van der Waals surface area contributed by atoms with Crippen molar-refractivity contribution in [3.05, 3.63) is 107 Å². The highest BCUT2D eigenvalue weighted by molar-refractivity contribution is 7.93. The zero-order valence-corrected chi connectivity index (χ0v) is 21.2. The van der Waals surface area contributed by atoms with Gasteiger partial charge in [-0.2, -0.15) is 13.2 Å². The number of allylic oxidation sites excluding steroid dienone is 1. The highest BCUT2D eigenvalue weighted by Gasteiger charge is 2.47. The van der Waals surface area contributed by atoms with E-state index in [1.165, 1.54) is 37.4 Å². The number of carbonyl (C=O) groups excluding carboxylic acids is 1. The zero-order chi connectivity index (χ0) is 27.9. The Labute approximate surface area is 221 Å². The average Bonchev–Trinajstić information content (AvgIpc) is 3.41. The Kier molecular flexibility index (Phi) is 6.51. The van der Waals surface area contributed by atoms with E-state index < -0.39 is 45.4 Å². The molecule has 0 bridgehead atoms. The van der Waals surface area contributed by atoms with Gasteiger partial charge in [-0.05, 0) is 30.3 Å². The Bertz CT molecular complexity index is 1630. The molecular weight excluding hydrogens is 539 g/mol. The highest BCUT2D eigenvalue weighted by Crippen LogP contribution is 2.49. The number of methoxy groups -OCH3 is 2. The summed E-state index contributed by atoms with van der Waals surface area (Å²) in [7, 11) is -2.28. The summed E-state index contributed by atoms with van der Waals surface area (Å²) in [6.07, 6.45) is -4.83. The lowest BCUT2D eigenvalue weighted by molar-refractivity contribution is -0.138. The molecule has 1 atom stereocenters. The molecule has 5 rings (SSSR count). The number of rotatable bonds is 5. The third-order valence-electron chi connectivity index (χ3n) is 6.09. The fraction of sp³-hybridized carbons (Fsp3) is 0.148. The van der Waals surface area contributed by atoms with Gasteiger partial charge >= 0.3 is 12.1 Å². The Balaban J connectivity index is 1.77. The molecular formula is C27H20F3NO7S. The van der Waals surface area contributed by atoms with Gasteiger partial charge in [0.15, 0.2) is 11.5 Å². The molecule has 0 radical (unpaired) electrons. The molecule has 12 heteroatoms. The summed E-state index contributed by atoms with van der Waals surface area (Å²) in [6, 6.07) is 16.5. The van der Waals surface area contributed by atoms with Gasteiger partial charge < -0.3 is 18.9 Å². The molecule has 1 unspecified atom stereocenters. The van der Waals surface area contributed by atoms with Crippen molar-refractivity contribution in [2.75, 3.05) is 18.5 Å². The van der Waals surface area contributed by atoms with E-state index in [2.05, 4.69) is 0 Å². The molecule has 2 heterocycles. The van der Waals surface area contributed by atoms with Crippen LogP contribution in [0, 0.1) is 0 Å². The first-order chi connectivity index (χ1) is 18.6. The number of para-hydroxylation sites is 2. The van der Waals surface area contributed by atoms with E-state index in [-0.39, 0.29) is 21.8 Å². The van der Waals surface area contributed by atoms with Crippen LogP contribution in [0.15, 0.2) is 95.4 Å². The van der Waals surface area contributed by atoms with Crippen molar-refractivity contribution in [2.24, 2.45) is 0 Å². The molecule has 39 heavy (non-hydrogen) atoms. The maximum absolute atomic E-state index is 14.0. The van der Waals surface area contributed by atoms with Crippen LogP contribution >= 0.6 is 0 Å². The average molecular weight is 560 g/mol. The fourth-order valence-corrected chi connectivity index (χ4v) is 6.15. The Morgan fingerprint density at radius 3 is 2.33 bits per heavy atom.